The summed E-state index contributed by atoms with van der Waals surface area (Å²) in [6.07, 6.45) is 1.56. The Morgan fingerprint density at radius 2 is 1.61 bits per heavy atom. The molecule has 0 aromatic heterocycles. The second kappa shape index (κ2) is 21.1. The number of esters is 1. The predicted molar refractivity (Wildman–Crippen MR) is 176 cm³/mol. The van der Waals surface area contributed by atoms with Crippen LogP contribution in [-0.4, -0.2) is 113 Å². The van der Waals surface area contributed by atoms with Gasteiger partial charge in [0.25, 0.3) is 0 Å². The number of carbonyl (C=O) groups is 7. The van der Waals surface area contributed by atoms with Gasteiger partial charge in [-0.3, -0.25) is 38.6 Å². The molecule has 0 spiro atoms. The van der Waals surface area contributed by atoms with Crippen LogP contribution in [0, 0.1) is 5.92 Å². The molecule has 0 bridgehead atoms. The largest absolute Gasteiger partial charge is 0.468 e. The van der Waals surface area contributed by atoms with Gasteiger partial charge in [-0.25, -0.2) is 4.79 Å². The number of likely N-dealkylation sites (tertiary alicyclic amines) is 1. The zero-order chi connectivity index (χ0) is 35.6. The first kappa shape index (κ1) is 42.2. The van der Waals surface area contributed by atoms with Crippen molar-refractivity contribution in [2.75, 3.05) is 45.3 Å². The number of ether oxygens (including phenoxy) is 2. The molecular formula is C32H50N4O9S. The summed E-state index contributed by atoms with van der Waals surface area (Å²) in [4.78, 5) is 84.5. The summed E-state index contributed by atoms with van der Waals surface area (Å²) in [6, 6.07) is 8.85. The van der Waals surface area contributed by atoms with Crippen LogP contribution in [0.2, 0.25) is 0 Å². The third kappa shape index (κ3) is 17.1. The molecule has 14 heteroatoms. The van der Waals surface area contributed by atoms with Crippen molar-refractivity contribution in [2.24, 2.45) is 11.7 Å². The zero-order valence-electron chi connectivity index (χ0n) is 28.5. The van der Waals surface area contributed by atoms with Crippen LogP contribution in [0.4, 0.5) is 4.79 Å². The van der Waals surface area contributed by atoms with E-state index in [1.807, 2.05) is 43.5 Å². The summed E-state index contributed by atoms with van der Waals surface area (Å²) in [5, 5.41) is 0. The van der Waals surface area contributed by atoms with Gasteiger partial charge >= 0.3 is 12.1 Å². The highest BCUT2D eigenvalue weighted by Crippen LogP contribution is 2.17. The van der Waals surface area contributed by atoms with E-state index in [0.717, 1.165) is 16.2 Å². The first-order valence-corrected chi connectivity index (χ1v) is 16.2. The number of Topliss-reactive ketones (excluding diaryl/α,β-unsaturated/α-hetero) is 2. The highest BCUT2D eigenvalue weighted by molar-refractivity contribution is 7.98. The SMILES string of the molecule is CCN1C(=O)CC(C)C1=O.COC(=O)CN(Cc1ccccc1)C(=O)CN(CC(C)=O)C(=O)OC(C)(C)C.CSCC(N)C(C)=O. The number of carbonyl (C=O) groups excluding carboxylic acids is 7. The van der Waals surface area contributed by atoms with Gasteiger partial charge in [0, 0.05) is 31.2 Å². The Kier molecular flexibility index (Phi) is 19.4. The molecule has 1 aliphatic rings. The molecule has 1 fully saturated rings. The predicted octanol–water partition coefficient (Wildman–Crippen LogP) is 2.68. The molecule has 0 saturated carbocycles. The molecule has 1 saturated heterocycles. The lowest BCUT2D eigenvalue weighted by Crippen LogP contribution is -2.47. The summed E-state index contributed by atoms with van der Waals surface area (Å²) in [7, 11) is 1.23. The van der Waals surface area contributed by atoms with Crippen LogP contribution in [0.5, 0.6) is 0 Å². The normalized spacial score (nSPS) is 14.6. The lowest BCUT2D eigenvalue weighted by molar-refractivity contribution is -0.147. The number of amides is 4. The molecule has 4 amide bonds. The lowest BCUT2D eigenvalue weighted by atomic mass is 10.1. The minimum atomic E-state index is -0.773. The van der Waals surface area contributed by atoms with Crippen LogP contribution >= 0.6 is 11.8 Å². The number of benzene rings is 1. The Balaban J connectivity index is 0.000000908. The third-order valence-corrected chi connectivity index (χ3v) is 6.85. The Labute approximate surface area is 276 Å². The molecule has 1 aliphatic heterocycles. The van der Waals surface area contributed by atoms with E-state index >= 15 is 0 Å². The van der Waals surface area contributed by atoms with Crippen molar-refractivity contribution in [3.63, 3.8) is 0 Å². The number of methoxy groups -OCH3 is 1. The van der Waals surface area contributed by atoms with Crippen molar-refractivity contribution >= 4 is 53.1 Å². The molecule has 2 rings (SSSR count). The van der Waals surface area contributed by atoms with Crippen molar-refractivity contribution in [2.45, 2.75) is 73.1 Å². The molecule has 46 heavy (non-hydrogen) atoms. The number of rotatable bonds is 12. The van der Waals surface area contributed by atoms with Crippen molar-refractivity contribution in [3.8, 4) is 0 Å². The minimum Gasteiger partial charge on any atom is -0.468 e. The average molecular weight is 667 g/mol. The lowest BCUT2D eigenvalue weighted by Gasteiger charge is -2.29. The zero-order valence-corrected chi connectivity index (χ0v) is 29.3. The van der Waals surface area contributed by atoms with E-state index in [2.05, 4.69) is 4.74 Å². The van der Waals surface area contributed by atoms with Gasteiger partial charge in [-0.15, -0.1) is 0 Å². The van der Waals surface area contributed by atoms with Crippen molar-refractivity contribution in [1.29, 1.82) is 0 Å². The molecule has 1 heterocycles. The highest BCUT2D eigenvalue weighted by atomic mass is 32.2. The van der Waals surface area contributed by atoms with Gasteiger partial charge in [0.1, 0.15) is 30.3 Å². The van der Waals surface area contributed by atoms with Gasteiger partial charge in [0.05, 0.1) is 19.7 Å². The van der Waals surface area contributed by atoms with Gasteiger partial charge < -0.3 is 20.1 Å². The Morgan fingerprint density at radius 1 is 1.02 bits per heavy atom. The Hall–Kier alpha value is -3.78. The fourth-order valence-corrected chi connectivity index (χ4v) is 4.37. The number of nitrogens with two attached hydrogens (primary N) is 1. The molecule has 0 radical (unpaired) electrons. The molecule has 1 aromatic rings. The van der Waals surface area contributed by atoms with Crippen LogP contribution < -0.4 is 5.73 Å². The maximum Gasteiger partial charge on any atom is 0.411 e. The highest BCUT2D eigenvalue weighted by Gasteiger charge is 2.34. The number of ketones is 2. The van der Waals surface area contributed by atoms with E-state index in [-0.39, 0.29) is 55.0 Å². The maximum atomic E-state index is 12.8. The van der Waals surface area contributed by atoms with Crippen LogP contribution in [0.25, 0.3) is 0 Å². The number of hydrogen-bond donors (Lipinski definition) is 1. The summed E-state index contributed by atoms with van der Waals surface area (Å²) in [5.74, 6) is -0.712. The van der Waals surface area contributed by atoms with Gasteiger partial charge in [0.15, 0.2) is 0 Å². The fourth-order valence-electron chi connectivity index (χ4n) is 3.78. The fraction of sp³-hybridized carbons (Fsp3) is 0.594. The van der Waals surface area contributed by atoms with Gasteiger partial charge in [-0.2, -0.15) is 11.8 Å². The average Bonchev–Trinajstić information content (AvgIpc) is 3.21. The third-order valence-electron chi connectivity index (χ3n) is 6.16. The van der Waals surface area contributed by atoms with Gasteiger partial charge in [-0.1, -0.05) is 37.3 Å². The van der Waals surface area contributed by atoms with Crippen molar-refractivity contribution in [3.05, 3.63) is 35.9 Å². The summed E-state index contributed by atoms with van der Waals surface area (Å²) in [6.45, 7) is 11.3. The van der Waals surface area contributed by atoms with Gasteiger partial charge in [-0.05, 0) is 53.4 Å². The first-order chi connectivity index (χ1) is 21.4. The number of hydrogen-bond acceptors (Lipinski definition) is 11. The van der Waals surface area contributed by atoms with E-state index in [1.54, 1.807) is 39.5 Å². The van der Waals surface area contributed by atoms with E-state index in [1.165, 1.54) is 30.8 Å². The van der Waals surface area contributed by atoms with Crippen LogP contribution in [-0.2, 0) is 44.8 Å². The second-order valence-corrected chi connectivity index (χ2v) is 12.5. The number of imide groups is 1. The number of nitrogens with zero attached hydrogens (tertiary/aromatic N) is 3. The van der Waals surface area contributed by atoms with Crippen molar-refractivity contribution < 1.29 is 43.0 Å². The van der Waals surface area contributed by atoms with Crippen LogP contribution in [0.15, 0.2) is 30.3 Å². The molecule has 2 N–H and O–H groups in total. The quantitative estimate of drug-likeness (QED) is 0.257. The molecule has 1 aromatic carbocycles. The second-order valence-electron chi connectivity index (χ2n) is 11.6. The summed E-state index contributed by atoms with van der Waals surface area (Å²) in [5.41, 5.74) is 5.40. The summed E-state index contributed by atoms with van der Waals surface area (Å²) < 4.78 is 9.93. The van der Waals surface area contributed by atoms with Gasteiger partial charge in [0.2, 0.25) is 17.7 Å². The smallest absolute Gasteiger partial charge is 0.411 e. The molecule has 2 unspecified atom stereocenters. The molecule has 0 aliphatic carbocycles. The van der Waals surface area contributed by atoms with Crippen LogP contribution in [0.1, 0.15) is 60.5 Å². The minimum absolute atomic E-state index is 0.0208. The van der Waals surface area contributed by atoms with E-state index in [9.17, 15) is 33.6 Å². The van der Waals surface area contributed by atoms with E-state index in [4.69, 9.17) is 10.5 Å². The monoisotopic (exact) mass is 666 g/mol. The maximum absolute atomic E-state index is 12.8. The Bertz CT molecular complexity index is 1190. The van der Waals surface area contributed by atoms with E-state index in [0.29, 0.717) is 13.0 Å². The number of thioether (sulfide) groups is 1. The van der Waals surface area contributed by atoms with Crippen molar-refractivity contribution in [1.82, 2.24) is 14.7 Å². The van der Waals surface area contributed by atoms with Crippen LogP contribution in [0.3, 0.4) is 0 Å². The Morgan fingerprint density at radius 3 is 1.98 bits per heavy atom. The standard InChI is InChI=1S/C20H28N2O6.C7H11NO2.C5H11NOS/c1-15(23)11-22(19(26)28-20(2,3)4)13-17(24)21(14-18(25)27-5)12-16-9-7-6-8-10-16;1-3-8-6(9)4-5(2)7(8)10;1-4(7)5(6)3-8-2/h6-10H,11-14H2,1-5H3;5H,3-4H2,1-2H3;5H,3,6H2,1-2H3. The molecule has 13 nitrogen and oxygen atoms in total. The molecular weight excluding hydrogens is 616 g/mol. The topological polar surface area (TPSA) is 174 Å². The summed E-state index contributed by atoms with van der Waals surface area (Å²) >= 11 is 1.59. The van der Waals surface area contributed by atoms with E-state index < -0.39 is 30.1 Å². The molecule has 2 atom stereocenters. The molecule has 258 valence electrons. The first-order valence-electron chi connectivity index (χ1n) is 14.8.